The van der Waals surface area contributed by atoms with Crippen molar-refractivity contribution in [3.8, 4) is 0 Å². The first-order valence-electron chi connectivity index (χ1n) is 9.41. The summed E-state index contributed by atoms with van der Waals surface area (Å²) in [6, 6.07) is 0.838. The van der Waals surface area contributed by atoms with Crippen LogP contribution in [0.3, 0.4) is 0 Å². The summed E-state index contributed by atoms with van der Waals surface area (Å²) in [5, 5.41) is 0. The lowest BCUT2D eigenvalue weighted by Crippen LogP contribution is -2.50. The lowest BCUT2D eigenvalue weighted by atomic mass is 9.65. The van der Waals surface area contributed by atoms with E-state index in [9.17, 15) is 4.79 Å². The topological polar surface area (TPSA) is 46.3 Å². The zero-order valence-corrected chi connectivity index (χ0v) is 15.9. The highest BCUT2D eigenvalue weighted by atomic mass is 35.5. The van der Waals surface area contributed by atoms with Crippen LogP contribution in [0.25, 0.3) is 0 Å². The fourth-order valence-corrected chi connectivity index (χ4v) is 5.27. The maximum atomic E-state index is 13.1. The Morgan fingerprint density at radius 2 is 1.70 bits per heavy atom. The van der Waals surface area contributed by atoms with Crippen LogP contribution in [-0.2, 0) is 4.79 Å². The zero-order valence-electron chi connectivity index (χ0n) is 15.1. The van der Waals surface area contributed by atoms with Crippen LogP contribution in [0.5, 0.6) is 0 Å². The monoisotopic (exact) mass is 342 g/mol. The molecule has 2 saturated carbocycles. The molecule has 0 aromatic carbocycles. The first kappa shape index (κ1) is 19.1. The third-order valence-electron chi connectivity index (χ3n) is 6.27. The molecular formula is C19H35ClN2O. The first-order chi connectivity index (χ1) is 10.3. The van der Waals surface area contributed by atoms with Gasteiger partial charge in [-0.2, -0.15) is 0 Å². The van der Waals surface area contributed by atoms with E-state index >= 15 is 0 Å². The molecule has 0 aromatic rings. The van der Waals surface area contributed by atoms with E-state index in [0.717, 1.165) is 25.8 Å². The van der Waals surface area contributed by atoms with Crippen molar-refractivity contribution in [1.82, 2.24) is 4.90 Å². The predicted molar refractivity (Wildman–Crippen MR) is 97.6 cm³/mol. The number of hydrogen-bond acceptors (Lipinski definition) is 2. The van der Waals surface area contributed by atoms with Gasteiger partial charge in [0.25, 0.3) is 0 Å². The molecule has 3 aliphatic rings. The van der Waals surface area contributed by atoms with Crippen LogP contribution < -0.4 is 5.73 Å². The molecule has 2 aliphatic carbocycles. The van der Waals surface area contributed by atoms with Crippen molar-refractivity contribution in [2.24, 2.45) is 28.9 Å². The Morgan fingerprint density at radius 3 is 2.26 bits per heavy atom. The summed E-state index contributed by atoms with van der Waals surface area (Å²) >= 11 is 0. The molecule has 0 radical (unpaired) electrons. The van der Waals surface area contributed by atoms with E-state index in [0.29, 0.717) is 35.2 Å². The average Bonchev–Trinajstić information content (AvgIpc) is 2.83. The molecule has 23 heavy (non-hydrogen) atoms. The van der Waals surface area contributed by atoms with Crippen LogP contribution in [0.1, 0.15) is 72.1 Å². The third-order valence-corrected chi connectivity index (χ3v) is 6.27. The van der Waals surface area contributed by atoms with Gasteiger partial charge < -0.3 is 10.6 Å². The number of likely N-dealkylation sites (tertiary alicyclic amines) is 1. The lowest BCUT2D eigenvalue weighted by Gasteiger charge is -2.45. The number of carbonyl (C=O) groups is 1. The molecule has 1 amide bonds. The molecule has 1 heterocycles. The van der Waals surface area contributed by atoms with Crippen molar-refractivity contribution in [3.05, 3.63) is 0 Å². The van der Waals surface area contributed by atoms with Gasteiger partial charge in [0.2, 0.25) is 5.91 Å². The van der Waals surface area contributed by atoms with Gasteiger partial charge in [0, 0.05) is 24.5 Å². The van der Waals surface area contributed by atoms with E-state index in [4.69, 9.17) is 5.73 Å². The summed E-state index contributed by atoms with van der Waals surface area (Å²) < 4.78 is 0. The van der Waals surface area contributed by atoms with Crippen molar-refractivity contribution >= 4 is 18.3 Å². The minimum absolute atomic E-state index is 0. The molecule has 0 spiro atoms. The quantitative estimate of drug-likeness (QED) is 0.824. The molecule has 3 nitrogen and oxygen atoms in total. The molecular weight excluding hydrogens is 308 g/mol. The minimum atomic E-state index is 0. The summed E-state index contributed by atoms with van der Waals surface area (Å²) in [5.41, 5.74) is 6.69. The van der Waals surface area contributed by atoms with Gasteiger partial charge in [0.15, 0.2) is 0 Å². The lowest BCUT2D eigenvalue weighted by molar-refractivity contribution is -0.139. The molecule has 1 aliphatic heterocycles. The van der Waals surface area contributed by atoms with Crippen LogP contribution in [0.15, 0.2) is 0 Å². The second-order valence-electron chi connectivity index (χ2n) is 9.29. The van der Waals surface area contributed by atoms with E-state index in [-0.39, 0.29) is 18.3 Å². The van der Waals surface area contributed by atoms with Gasteiger partial charge in [0.1, 0.15) is 0 Å². The molecule has 4 heteroatoms. The van der Waals surface area contributed by atoms with Crippen LogP contribution in [-0.4, -0.2) is 29.4 Å². The molecule has 0 aromatic heterocycles. The van der Waals surface area contributed by atoms with Gasteiger partial charge >= 0.3 is 0 Å². The molecule has 3 unspecified atom stereocenters. The summed E-state index contributed by atoms with van der Waals surface area (Å²) in [6.07, 6.45) is 9.43. The molecule has 2 N–H and O–H groups in total. The smallest absolute Gasteiger partial charge is 0.225 e. The van der Waals surface area contributed by atoms with E-state index in [1.807, 2.05) is 0 Å². The third kappa shape index (κ3) is 4.22. The largest absolute Gasteiger partial charge is 0.339 e. The number of fused-ring (bicyclic) bond motifs is 2. The highest BCUT2D eigenvalue weighted by molar-refractivity contribution is 5.85. The minimum Gasteiger partial charge on any atom is -0.339 e. The summed E-state index contributed by atoms with van der Waals surface area (Å²) in [6.45, 7) is 7.85. The predicted octanol–water partition coefficient (Wildman–Crippen LogP) is 3.99. The fourth-order valence-electron chi connectivity index (χ4n) is 5.27. The Balaban J connectivity index is 0.00000192. The summed E-state index contributed by atoms with van der Waals surface area (Å²) in [5.74, 6) is 1.92. The SMILES string of the molecule is CC(C)(C)CC1CCCN1C(=O)C1CC2CCCC(C1)C2N.Cl. The van der Waals surface area contributed by atoms with Gasteiger partial charge in [-0.3, -0.25) is 4.79 Å². The molecule has 3 fully saturated rings. The highest BCUT2D eigenvalue weighted by Gasteiger charge is 2.43. The van der Waals surface area contributed by atoms with Gasteiger partial charge in [-0.25, -0.2) is 0 Å². The first-order valence-corrected chi connectivity index (χ1v) is 9.41. The number of rotatable bonds is 2. The maximum Gasteiger partial charge on any atom is 0.225 e. The van der Waals surface area contributed by atoms with Crippen molar-refractivity contribution in [3.63, 3.8) is 0 Å². The average molecular weight is 343 g/mol. The van der Waals surface area contributed by atoms with Crippen LogP contribution in [0.2, 0.25) is 0 Å². The van der Waals surface area contributed by atoms with E-state index in [1.54, 1.807) is 0 Å². The van der Waals surface area contributed by atoms with E-state index in [2.05, 4.69) is 25.7 Å². The van der Waals surface area contributed by atoms with Gasteiger partial charge in [-0.05, 0) is 62.2 Å². The number of nitrogens with two attached hydrogens (primary N) is 1. The standard InChI is InChI=1S/C19H34N2O.ClH/c1-19(2,3)12-16-8-5-9-21(16)18(22)15-10-13-6-4-7-14(11-15)17(13)20;/h13-17H,4-12,20H2,1-3H3;1H. The second kappa shape index (κ2) is 7.31. The molecule has 2 bridgehead atoms. The van der Waals surface area contributed by atoms with Crippen LogP contribution in [0.4, 0.5) is 0 Å². The van der Waals surface area contributed by atoms with Crippen molar-refractivity contribution in [1.29, 1.82) is 0 Å². The van der Waals surface area contributed by atoms with E-state index < -0.39 is 0 Å². The number of carbonyl (C=O) groups excluding carboxylic acids is 1. The Morgan fingerprint density at radius 1 is 1.09 bits per heavy atom. The molecule has 3 rings (SSSR count). The van der Waals surface area contributed by atoms with Crippen molar-refractivity contribution in [2.45, 2.75) is 84.2 Å². The Bertz CT molecular complexity index is 406. The van der Waals surface area contributed by atoms with E-state index in [1.165, 1.54) is 32.1 Å². The number of halogens is 1. The Hall–Kier alpha value is -0.280. The maximum absolute atomic E-state index is 13.1. The van der Waals surface area contributed by atoms with Crippen molar-refractivity contribution in [2.75, 3.05) is 6.54 Å². The van der Waals surface area contributed by atoms with Gasteiger partial charge in [-0.1, -0.05) is 27.2 Å². The normalized spacial score (nSPS) is 37.4. The van der Waals surface area contributed by atoms with Gasteiger partial charge in [-0.15, -0.1) is 12.4 Å². The zero-order chi connectivity index (χ0) is 15.9. The Kier molecular flexibility index (Phi) is 6.05. The van der Waals surface area contributed by atoms with Crippen LogP contribution in [0, 0.1) is 23.2 Å². The summed E-state index contributed by atoms with van der Waals surface area (Å²) in [7, 11) is 0. The molecule has 1 saturated heterocycles. The number of nitrogens with zero attached hydrogens (tertiary/aromatic N) is 1. The molecule has 3 atom stereocenters. The van der Waals surface area contributed by atoms with Crippen molar-refractivity contribution < 1.29 is 4.79 Å². The second-order valence-corrected chi connectivity index (χ2v) is 9.29. The Labute approximate surface area is 148 Å². The summed E-state index contributed by atoms with van der Waals surface area (Å²) in [4.78, 5) is 15.4. The molecule has 134 valence electrons. The fraction of sp³-hybridized carbons (Fsp3) is 0.947. The highest BCUT2D eigenvalue weighted by Crippen LogP contribution is 2.43. The van der Waals surface area contributed by atoms with Crippen LogP contribution >= 0.6 is 12.4 Å². The number of amides is 1. The number of hydrogen-bond donors (Lipinski definition) is 1. The van der Waals surface area contributed by atoms with Gasteiger partial charge in [0.05, 0.1) is 0 Å².